The fraction of sp³-hybridized carbons (Fsp3) is 0.0833. The summed E-state index contributed by atoms with van der Waals surface area (Å²) in [6, 6.07) is 18.4. The molecular weight excluding hydrogens is 417 g/mol. The minimum absolute atomic E-state index is 1.32. The zero-order valence-electron chi connectivity index (χ0n) is 15.4. The molecule has 6 rings (SSSR count). The van der Waals surface area contributed by atoms with Gasteiger partial charge in [0.25, 0.3) is 0 Å². The number of thiophene rings is 4. The maximum Gasteiger partial charge on any atom is 0.0356 e. The molecule has 0 saturated carbocycles. The molecule has 4 heterocycles. The molecule has 2 aromatic carbocycles. The summed E-state index contributed by atoms with van der Waals surface area (Å²) < 4.78 is 5.52. The molecule has 0 aliphatic heterocycles. The second-order valence-corrected chi connectivity index (χ2v) is 11.9. The highest BCUT2D eigenvalue weighted by Crippen LogP contribution is 2.38. The van der Waals surface area contributed by atoms with Crippen molar-refractivity contribution in [3.05, 3.63) is 68.0 Å². The number of aryl methyl sites for hydroxylation is 2. The van der Waals surface area contributed by atoms with Gasteiger partial charge in [0.05, 0.1) is 0 Å². The van der Waals surface area contributed by atoms with E-state index in [1.54, 1.807) is 0 Å². The van der Waals surface area contributed by atoms with Gasteiger partial charge in [0, 0.05) is 59.9 Å². The van der Waals surface area contributed by atoms with Crippen LogP contribution in [0.3, 0.4) is 0 Å². The van der Waals surface area contributed by atoms with Gasteiger partial charge < -0.3 is 0 Å². The molecule has 0 nitrogen and oxygen atoms in total. The van der Waals surface area contributed by atoms with E-state index in [1.807, 2.05) is 45.3 Å². The molecule has 0 unspecified atom stereocenters. The number of benzene rings is 2. The van der Waals surface area contributed by atoms with Crippen molar-refractivity contribution < 1.29 is 0 Å². The molecule has 0 atom stereocenters. The zero-order chi connectivity index (χ0) is 18.8. The van der Waals surface area contributed by atoms with E-state index in [1.165, 1.54) is 59.9 Å². The molecule has 4 aromatic heterocycles. The Balaban J connectivity index is 1.43. The molecule has 0 N–H and O–H groups in total. The smallest absolute Gasteiger partial charge is 0.0356 e. The van der Waals surface area contributed by atoms with E-state index in [0.29, 0.717) is 0 Å². The van der Waals surface area contributed by atoms with E-state index >= 15 is 0 Å². The summed E-state index contributed by atoms with van der Waals surface area (Å²) in [6.45, 7) is 4.38. The van der Waals surface area contributed by atoms with Crippen molar-refractivity contribution in [2.75, 3.05) is 0 Å². The zero-order valence-corrected chi connectivity index (χ0v) is 18.7. The Morgan fingerprint density at radius 3 is 1.29 bits per heavy atom. The first-order valence-corrected chi connectivity index (χ1v) is 12.4. The van der Waals surface area contributed by atoms with Crippen molar-refractivity contribution in [2.45, 2.75) is 13.8 Å². The molecule has 0 spiro atoms. The average Bonchev–Trinajstić information content (AvgIpc) is 3.41. The van der Waals surface area contributed by atoms with Gasteiger partial charge in [0.2, 0.25) is 0 Å². The first-order chi connectivity index (χ1) is 13.6. The lowest BCUT2D eigenvalue weighted by Gasteiger charge is -1.90. The van der Waals surface area contributed by atoms with Crippen molar-refractivity contribution in [2.24, 2.45) is 0 Å². The van der Waals surface area contributed by atoms with E-state index < -0.39 is 0 Å². The van der Waals surface area contributed by atoms with Crippen molar-refractivity contribution in [1.82, 2.24) is 0 Å². The second kappa shape index (κ2) is 6.26. The Morgan fingerprint density at radius 2 is 0.857 bits per heavy atom. The highest BCUT2D eigenvalue weighted by molar-refractivity contribution is 7.22. The second-order valence-electron chi connectivity index (χ2n) is 7.12. The first-order valence-electron chi connectivity index (χ1n) is 9.17. The molecule has 0 amide bonds. The van der Waals surface area contributed by atoms with Gasteiger partial charge in [-0.05, 0) is 74.5 Å². The lowest BCUT2D eigenvalue weighted by atomic mass is 10.1. The predicted molar refractivity (Wildman–Crippen MR) is 133 cm³/mol. The minimum atomic E-state index is 1.32. The summed E-state index contributed by atoms with van der Waals surface area (Å²) in [5.74, 6) is 0. The monoisotopic (exact) mass is 432 g/mol. The third kappa shape index (κ3) is 2.67. The van der Waals surface area contributed by atoms with Gasteiger partial charge in [-0.2, -0.15) is 0 Å². The van der Waals surface area contributed by atoms with Gasteiger partial charge in [-0.1, -0.05) is 0 Å². The van der Waals surface area contributed by atoms with Gasteiger partial charge in [-0.15, -0.1) is 45.3 Å². The molecule has 4 heteroatoms. The van der Waals surface area contributed by atoms with Crippen molar-refractivity contribution >= 4 is 97.8 Å². The summed E-state index contributed by atoms with van der Waals surface area (Å²) in [5.41, 5.74) is 0. The molecule has 0 saturated heterocycles. The van der Waals surface area contributed by atoms with Crippen LogP contribution in [0.2, 0.25) is 0 Å². The van der Waals surface area contributed by atoms with Crippen LogP contribution in [0.5, 0.6) is 0 Å². The highest BCUT2D eigenvalue weighted by Gasteiger charge is 2.09. The van der Waals surface area contributed by atoms with Crippen molar-refractivity contribution in [1.29, 1.82) is 0 Å². The third-order valence-electron chi connectivity index (χ3n) is 5.09. The van der Waals surface area contributed by atoms with Gasteiger partial charge in [0.1, 0.15) is 0 Å². The largest absolute Gasteiger partial charge is 0.141 e. The normalized spacial score (nSPS) is 12.5. The Morgan fingerprint density at radius 1 is 0.500 bits per heavy atom. The fourth-order valence-electron chi connectivity index (χ4n) is 3.88. The SMILES string of the molecule is Cc1cc2c(ccc3sc(/C=C/c4cc5c(ccc6sc(C)cc65)s4)cc32)s1. The van der Waals surface area contributed by atoms with Crippen LogP contribution in [0.15, 0.2) is 48.5 Å². The van der Waals surface area contributed by atoms with Crippen LogP contribution in [0.1, 0.15) is 19.5 Å². The van der Waals surface area contributed by atoms with Crippen LogP contribution >= 0.6 is 45.3 Å². The van der Waals surface area contributed by atoms with E-state index in [9.17, 15) is 0 Å². The van der Waals surface area contributed by atoms with Crippen LogP contribution in [-0.4, -0.2) is 0 Å². The van der Waals surface area contributed by atoms with Crippen LogP contribution in [0.25, 0.3) is 52.5 Å². The Hall–Kier alpha value is -1.98. The van der Waals surface area contributed by atoms with E-state index in [2.05, 4.69) is 74.5 Å². The van der Waals surface area contributed by atoms with Gasteiger partial charge in [-0.3, -0.25) is 0 Å². The molecule has 0 aliphatic rings. The van der Waals surface area contributed by atoms with Gasteiger partial charge >= 0.3 is 0 Å². The Bertz CT molecular complexity index is 1410. The van der Waals surface area contributed by atoms with Crippen molar-refractivity contribution in [3.8, 4) is 0 Å². The molecule has 6 aromatic rings. The third-order valence-corrected chi connectivity index (χ3v) is 9.25. The molecule has 28 heavy (non-hydrogen) atoms. The number of rotatable bonds is 2. The average molecular weight is 433 g/mol. The topological polar surface area (TPSA) is 0 Å². The first kappa shape index (κ1) is 16.9. The maximum absolute atomic E-state index is 2.35. The van der Waals surface area contributed by atoms with Crippen LogP contribution in [0, 0.1) is 13.8 Å². The number of hydrogen-bond donors (Lipinski definition) is 0. The lowest BCUT2D eigenvalue weighted by Crippen LogP contribution is -1.64. The number of hydrogen-bond acceptors (Lipinski definition) is 4. The van der Waals surface area contributed by atoms with E-state index in [-0.39, 0.29) is 0 Å². The maximum atomic E-state index is 2.35. The van der Waals surface area contributed by atoms with E-state index in [4.69, 9.17) is 0 Å². The summed E-state index contributed by atoms with van der Waals surface area (Å²) in [7, 11) is 0. The quantitative estimate of drug-likeness (QED) is 0.256. The minimum Gasteiger partial charge on any atom is -0.141 e. The lowest BCUT2D eigenvalue weighted by molar-refractivity contribution is 1.66. The molecule has 0 bridgehead atoms. The van der Waals surface area contributed by atoms with E-state index in [0.717, 1.165) is 0 Å². The molecular formula is C24H16S4. The number of fused-ring (bicyclic) bond motifs is 6. The summed E-state index contributed by atoms with van der Waals surface area (Å²) in [5, 5.41) is 5.57. The van der Waals surface area contributed by atoms with Crippen molar-refractivity contribution in [3.63, 3.8) is 0 Å². The fourth-order valence-corrected chi connectivity index (χ4v) is 7.72. The molecule has 0 aliphatic carbocycles. The van der Waals surface area contributed by atoms with Crippen LogP contribution in [0.4, 0.5) is 0 Å². The summed E-state index contributed by atoms with van der Waals surface area (Å²) in [6.07, 6.45) is 4.55. The molecule has 0 fully saturated rings. The Kier molecular flexibility index (Phi) is 3.78. The van der Waals surface area contributed by atoms with Crippen LogP contribution in [-0.2, 0) is 0 Å². The summed E-state index contributed by atoms with van der Waals surface area (Å²) >= 11 is 7.52. The molecule has 136 valence electrons. The van der Waals surface area contributed by atoms with Gasteiger partial charge in [-0.25, -0.2) is 0 Å². The standard InChI is InChI=1S/C24H16S4/c1-13-9-17-19-11-15(27-23(19)7-5-21(17)25-13)3-4-16-12-20-18-10-14(2)26-22(18)6-8-24(20)28-16/h3-12H,1-2H3/b4-3+. The van der Waals surface area contributed by atoms with Gasteiger partial charge in [0.15, 0.2) is 0 Å². The predicted octanol–water partition coefficient (Wildman–Crippen LogP) is 9.33. The Labute approximate surface area is 179 Å². The summed E-state index contributed by atoms with van der Waals surface area (Å²) in [4.78, 5) is 5.40. The molecule has 0 radical (unpaired) electrons. The van der Waals surface area contributed by atoms with Crippen LogP contribution < -0.4 is 0 Å². The highest BCUT2D eigenvalue weighted by atomic mass is 32.1.